The van der Waals surface area contributed by atoms with Gasteiger partial charge < -0.3 is 14.8 Å². The van der Waals surface area contributed by atoms with Gasteiger partial charge in [-0.2, -0.15) is 0 Å². The maximum absolute atomic E-state index is 11.2. The Hall–Kier alpha value is -3.67. The van der Waals surface area contributed by atoms with Crippen LogP contribution in [-0.4, -0.2) is 21.2 Å². The van der Waals surface area contributed by atoms with Crippen molar-refractivity contribution in [1.82, 2.24) is 15.3 Å². The van der Waals surface area contributed by atoms with Crippen LogP contribution in [0.15, 0.2) is 71.4 Å². The molecule has 5 rings (SSSR count). The molecule has 0 aliphatic heterocycles. The monoisotopic (exact) mass is 385 g/mol. The molecule has 0 bridgehead atoms. The van der Waals surface area contributed by atoms with Crippen LogP contribution < -0.4 is 5.32 Å². The molecule has 2 aromatic carbocycles. The minimum Gasteiger partial charge on any atom is -0.465 e. The van der Waals surface area contributed by atoms with E-state index < -0.39 is 11.6 Å². The molecule has 0 radical (unpaired) electrons. The lowest BCUT2D eigenvalue weighted by atomic mass is 9.72. The number of carbonyl (C=O) groups is 1. The number of hydrogen-bond donors (Lipinski definition) is 2. The van der Waals surface area contributed by atoms with E-state index in [9.17, 15) is 9.90 Å². The molecule has 144 valence electrons. The van der Waals surface area contributed by atoms with E-state index in [4.69, 9.17) is 4.42 Å². The van der Waals surface area contributed by atoms with Gasteiger partial charge in [0.25, 0.3) is 0 Å². The first-order valence-corrected chi connectivity index (χ1v) is 9.57. The van der Waals surface area contributed by atoms with Crippen molar-refractivity contribution in [3.8, 4) is 22.5 Å². The summed E-state index contributed by atoms with van der Waals surface area (Å²) in [5, 5.41) is 11.9. The van der Waals surface area contributed by atoms with E-state index in [1.807, 2.05) is 54.6 Å². The van der Waals surface area contributed by atoms with Crippen molar-refractivity contribution in [2.75, 3.05) is 0 Å². The number of carboxylic acid groups (broad SMARTS) is 1. The van der Waals surface area contributed by atoms with E-state index in [0.29, 0.717) is 11.5 Å². The molecule has 1 saturated carbocycles. The Morgan fingerprint density at radius 2 is 1.69 bits per heavy atom. The quantitative estimate of drug-likeness (QED) is 0.504. The van der Waals surface area contributed by atoms with Crippen molar-refractivity contribution >= 4 is 17.3 Å². The minimum atomic E-state index is -0.991. The highest BCUT2D eigenvalue weighted by atomic mass is 16.4. The van der Waals surface area contributed by atoms with Crippen LogP contribution in [0.4, 0.5) is 4.79 Å². The molecule has 0 spiro atoms. The van der Waals surface area contributed by atoms with Gasteiger partial charge in [0, 0.05) is 18.0 Å². The average Bonchev–Trinajstić information content (AvgIpc) is 3.11. The highest BCUT2D eigenvalue weighted by Crippen LogP contribution is 2.43. The highest BCUT2D eigenvalue weighted by molar-refractivity contribution is 5.97. The number of rotatable bonds is 4. The van der Waals surface area contributed by atoms with Crippen molar-refractivity contribution in [3.63, 3.8) is 0 Å². The Morgan fingerprint density at radius 3 is 2.34 bits per heavy atom. The summed E-state index contributed by atoms with van der Waals surface area (Å²) < 4.78 is 6.09. The van der Waals surface area contributed by atoms with Crippen LogP contribution in [0.25, 0.3) is 33.7 Å². The Balaban J connectivity index is 1.61. The van der Waals surface area contributed by atoms with Gasteiger partial charge in [-0.05, 0) is 30.4 Å². The molecule has 6 heteroatoms. The Labute approximate surface area is 167 Å². The van der Waals surface area contributed by atoms with Gasteiger partial charge in [-0.3, -0.25) is 0 Å². The lowest BCUT2D eigenvalue weighted by molar-refractivity contribution is 0.144. The molecular formula is C23H19N3O3. The summed E-state index contributed by atoms with van der Waals surface area (Å²) in [6.45, 7) is 0. The fourth-order valence-corrected chi connectivity index (χ4v) is 4.06. The van der Waals surface area contributed by atoms with E-state index >= 15 is 0 Å². The largest absolute Gasteiger partial charge is 0.465 e. The number of furan rings is 1. The fourth-order valence-electron chi connectivity index (χ4n) is 4.06. The second-order valence-corrected chi connectivity index (χ2v) is 7.33. The van der Waals surface area contributed by atoms with Crippen molar-refractivity contribution in [1.29, 1.82) is 0 Å². The van der Waals surface area contributed by atoms with E-state index in [2.05, 4.69) is 15.3 Å². The Kier molecular flexibility index (Phi) is 4.05. The molecule has 0 atom stereocenters. The number of hydrogen-bond acceptors (Lipinski definition) is 4. The summed E-state index contributed by atoms with van der Waals surface area (Å²) in [5.74, 6) is 0.706. The zero-order valence-electron chi connectivity index (χ0n) is 15.6. The molecule has 0 saturated heterocycles. The molecule has 29 heavy (non-hydrogen) atoms. The molecule has 2 heterocycles. The van der Waals surface area contributed by atoms with Gasteiger partial charge in [0.15, 0.2) is 0 Å². The Bertz CT molecular complexity index is 1180. The second-order valence-electron chi connectivity index (χ2n) is 7.33. The number of nitrogens with zero attached hydrogens (tertiary/aromatic N) is 2. The molecule has 1 aliphatic rings. The van der Waals surface area contributed by atoms with Crippen LogP contribution in [0.2, 0.25) is 0 Å². The first-order chi connectivity index (χ1) is 14.2. The van der Waals surface area contributed by atoms with Crippen LogP contribution >= 0.6 is 0 Å². The molecule has 2 N–H and O–H groups in total. The van der Waals surface area contributed by atoms with Gasteiger partial charge in [0.2, 0.25) is 5.71 Å². The number of amides is 1. The minimum absolute atomic E-state index is 0.483. The summed E-state index contributed by atoms with van der Waals surface area (Å²) >= 11 is 0. The molecule has 1 amide bonds. The van der Waals surface area contributed by atoms with Crippen LogP contribution in [0.3, 0.4) is 0 Å². The van der Waals surface area contributed by atoms with E-state index in [1.54, 1.807) is 12.4 Å². The summed E-state index contributed by atoms with van der Waals surface area (Å²) in [5.41, 5.74) is 4.52. The van der Waals surface area contributed by atoms with Crippen molar-refractivity contribution < 1.29 is 14.3 Å². The van der Waals surface area contributed by atoms with Crippen molar-refractivity contribution in [3.05, 3.63) is 72.6 Å². The van der Waals surface area contributed by atoms with Gasteiger partial charge in [0.05, 0.1) is 11.1 Å². The first kappa shape index (κ1) is 17.4. The maximum atomic E-state index is 11.2. The number of nitrogens with one attached hydrogen (secondary N) is 1. The van der Waals surface area contributed by atoms with Gasteiger partial charge in [-0.1, -0.05) is 54.6 Å². The van der Waals surface area contributed by atoms with E-state index in [-0.39, 0.29) is 0 Å². The van der Waals surface area contributed by atoms with Gasteiger partial charge in [0.1, 0.15) is 11.3 Å². The molecule has 1 fully saturated rings. The second kappa shape index (κ2) is 6.74. The molecule has 6 nitrogen and oxygen atoms in total. The maximum Gasteiger partial charge on any atom is 0.405 e. The van der Waals surface area contributed by atoms with Crippen molar-refractivity contribution in [2.24, 2.45) is 0 Å². The average molecular weight is 385 g/mol. The third-order valence-electron chi connectivity index (χ3n) is 5.64. The summed E-state index contributed by atoms with van der Waals surface area (Å²) in [7, 11) is 0. The normalized spacial score (nSPS) is 15.0. The predicted octanol–water partition coefficient (Wildman–Crippen LogP) is 5.20. The third-order valence-corrected chi connectivity index (χ3v) is 5.64. The molecule has 0 unspecified atom stereocenters. The molecule has 4 aromatic rings. The first-order valence-electron chi connectivity index (χ1n) is 9.57. The van der Waals surface area contributed by atoms with Crippen LogP contribution in [0, 0.1) is 0 Å². The zero-order chi connectivity index (χ0) is 19.8. The summed E-state index contributed by atoms with van der Waals surface area (Å²) in [4.78, 5) is 20.0. The summed E-state index contributed by atoms with van der Waals surface area (Å²) in [6, 6.07) is 17.9. The van der Waals surface area contributed by atoms with Crippen LogP contribution in [-0.2, 0) is 5.54 Å². The van der Waals surface area contributed by atoms with Crippen molar-refractivity contribution in [2.45, 2.75) is 24.8 Å². The van der Waals surface area contributed by atoms with Gasteiger partial charge in [-0.25, -0.2) is 14.8 Å². The fraction of sp³-hybridized carbons (Fsp3) is 0.174. The lowest BCUT2D eigenvalue weighted by Crippen LogP contribution is -2.50. The summed E-state index contributed by atoms with van der Waals surface area (Å²) in [6.07, 6.45) is 4.93. The smallest absolute Gasteiger partial charge is 0.405 e. The lowest BCUT2D eigenvalue weighted by Gasteiger charge is -2.42. The van der Waals surface area contributed by atoms with E-state index in [0.717, 1.165) is 47.0 Å². The zero-order valence-corrected chi connectivity index (χ0v) is 15.6. The van der Waals surface area contributed by atoms with Gasteiger partial charge in [-0.15, -0.1) is 0 Å². The van der Waals surface area contributed by atoms with E-state index in [1.165, 1.54) is 0 Å². The van der Waals surface area contributed by atoms with Crippen LogP contribution in [0.5, 0.6) is 0 Å². The highest BCUT2D eigenvalue weighted by Gasteiger charge is 2.40. The standard InChI is InChI=1S/C23H19N3O3/c27-22(28)26-23(11-4-12-23)17-9-7-16(8-10-17)20-18(15-5-2-1-3-6-15)19-21(29-20)25-14-13-24-19/h1-3,5-10,13-14,26H,4,11-12H2,(H,27,28). The predicted molar refractivity (Wildman–Crippen MR) is 109 cm³/mol. The third kappa shape index (κ3) is 2.93. The number of aromatic nitrogens is 2. The molecular weight excluding hydrogens is 366 g/mol. The number of fused-ring (bicyclic) bond motifs is 1. The van der Waals surface area contributed by atoms with Crippen LogP contribution in [0.1, 0.15) is 24.8 Å². The Morgan fingerprint density at radius 1 is 0.966 bits per heavy atom. The molecule has 2 aromatic heterocycles. The number of benzene rings is 2. The SMILES string of the molecule is O=C(O)NC1(c2ccc(-c3oc4nccnc4c3-c3ccccc3)cc2)CCC1. The van der Waals surface area contributed by atoms with Gasteiger partial charge >= 0.3 is 6.09 Å². The topological polar surface area (TPSA) is 88.2 Å². The molecule has 1 aliphatic carbocycles.